The standard InChI is InChI=1S/C27H28N4O2/c1-4-31(5-2)22-12-6-19(7-13-22)8-17-26(32)28-21-11-16-24-25(18-21)30-27(29-24)20-9-14-23(33-3)15-10-20/h6-18H,4-5H2,1-3H3,(H,28,32)(H,29,30). The monoisotopic (exact) mass is 440 g/mol. The molecule has 0 aliphatic carbocycles. The molecule has 0 bridgehead atoms. The number of amides is 1. The third-order valence-corrected chi connectivity index (χ3v) is 5.56. The highest BCUT2D eigenvalue weighted by molar-refractivity contribution is 6.02. The van der Waals surface area contributed by atoms with Crippen molar-refractivity contribution in [2.75, 3.05) is 30.4 Å². The van der Waals surface area contributed by atoms with Gasteiger partial charge in [0.2, 0.25) is 5.91 Å². The van der Waals surface area contributed by atoms with Crippen molar-refractivity contribution >= 4 is 34.4 Å². The number of nitrogens with zero attached hydrogens (tertiary/aromatic N) is 2. The molecular formula is C27H28N4O2. The van der Waals surface area contributed by atoms with Crippen LogP contribution in [0.3, 0.4) is 0 Å². The molecule has 1 amide bonds. The summed E-state index contributed by atoms with van der Waals surface area (Å²) in [6.45, 7) is 6.22. The van der Waals surface area contributed by atoms with Gasteiger partial charge in [0, 0.05) is 36.1 Å². The van der Waals surface area contributed by atoms with Crippen molar-refractivity contribution in [2.24, 2.45) is 0 Å². The molecule has 3 aromatic carbocycles. The Balaban J connectivity index is 1.43. The molecule has 0 unspecified atom stereocenters. The van der Waals surface area contributed by atoms with Gasteiger partial charge in [0.1, 0.15) is 11.6 Å². The Morgan fingerprint density at radius 2 is 1.76 bits per heavy atom. The van der Waals surface area contributed by atoms with E-state index in [1.807, 2.05) is 60.7 Å². The predicted octanol–water partition coefficient (Wildman–Crippen LogP) is 5.74. The first kappa shape index (κ1) is 22.1. The van der Waals surface area contributed by atoms with Gasteiger partial charge in [-0.1, -0.05) is 12.1 Å². The summed E-state index contributed by atoms with van der Waals surface area (Å²) in [5.74, 6) is 1.38. The molecule has 4 rings (SSSR count). The molecule has 4 aromatic rings. The average Bonchev–Trinajstić information content (AvgIpc) is 3.28. The summed E-state index contributed by atoms with van der Waals surface area (Å²) in [6.07, 6.45) is 3.37. The molecule has 0 saturated carbocycles. The molecule has 2 N–H and O–H groups in total. The number of aromatic amines is 1. The zero-order chi connectivity index (χ0) is 23.2. The Morgan fingerprint density at radius 1 is 1.03 bits per heavy atom. The van der Waals surface area contributed by atoms with Gasteiger partial charge in [0.05, 0.1) is 18.1 Å². The quantitative estimate of drug-likeness (QED) is 0.343. The number of hydrogen-bond donors (Lipinski definition) is 2. The first-order valence-corrected chi connectivity index (χ1v) is 11.1. The van der Waals surface area contributed by atoms with Crippen LogP contribution in [0.25, 0.3) is 28.5 Å². The van der Waals surface area contributed by atoms with E-state index in [1.165, 1.54) is 5.69 Å². The number of fused-ring (bicyclic) bond motifs is 1. The van der Waals surface area contributed by atoms with Gasteiger partial charge >= 0.3 is 0 Å². The number of hydrogen-bond acceptors (Lipinski definition) is 4. The van der Waals surface area contributed by atoms with Crippen LogP contribution in [0.1, 0.15) is 19.4 Å². The fourth-order valence-electron chi connectivity index (χ4n) is 3.71. The van der Waals surface area contributed by atoms with Crippen LogP contribution in [0, 0.1) is 0 Å². The van der Waals surface area contributed by atoms with E-state index in [0.29, 0.717) is 5.69 Å². The van der Waals surface area contributed by atoms with Crippen molar-refractivity contribution in [3.05, 3.63) is 78.4 Å². The lowest BCUT2D eigenvalue weighted by molar-refractivity contribution is -0.111. The Hall–Kier alpha value is -4.06. The highest BCUT2D eigenvalue weighted by Crippen LogP contribution is 2.24. The Bertz CT molecular complexity index is 1250. The number of carbonyl (C=O) groups is 1. The van der Waals surface area contributed by atoms with Crippen molar-refractivity contribution < 1.29 is 9.53 Å². The van der Waals surface area contributed by atoms with Gasteiger partial charge in [-0.05, 0) is 80.1 Å². The lowest BCUT2D eigenvalue weighted by Crippen LogP contribution is -2.21. The molecular weight excluding hydrogens is 412 g/mol. The SMILES string of the molecule is CCN(CC)c1ccc(C=CC(=O)Nc2ccc3nc(-c4ccc(OC)cc4)[nH]c3c2)cc1. The minimum absolute atomic E-state index is 0.183. The third kappa shape index (κ3) is 5.23. The topological polar surface area (TPSA) is 70.2 Å². The van der Waals surface area contributed by atoms with Crippen molar-refractivity contribution in [3.63, 3.8) is 0 Å². The highest BCUT2D eigenvalue weighted by Gasteiger charge is 2.07. The number of ether oxygens (including phenoxy) is 1. The molecule has 0 radical (unpaired) electrons. The van der Waals surface area contributed by atoms with Crippen LogP contribution < -0.4 is 15.0 Å². The Labute approximate surface area is 193 Å². The van der Waals surface area contributed by atoms with Gasteiger partial charge < -0.3 is 19.9 Å². The Morgan fingerprint density at radius 3 is 2.42 bits per heavy atom. The van der Waals surface area contributed by atoms with Crippen molar-refractivity contribution in [1.82, 2.24) is 9.97 Å². The van der Waals surface area contributed by atoms with Crippen molar-refractivity contribution in [2.45, 2.75) is 13.8 Å². The summed E-state index contributed by atoms with van der Waals surface area (Å²) in [7, 11) is 1.64. The molecule has 1 heterocycles. The van der Waals surface area contributed by atoms with E-state index >= 15 is 0 Å². The third-order valence-electron chi connectivity index (χ3n) is 5.56. The summed E-state index contributed by atoms with van der Waals surface area (Å²) in [6, 6.07) is 21.6. The fraction of sp³-hybridized carbons (Fsp3) is 0.185. The molecule has 0 aliphatic rings. The van der Waals surface area contributed by atoms with Gasteiger partial charge in [-0.15, -0.1) is 0 Å². The van der Waals surface area contributed by atoms with E-state index in [2.05, 4.69) is 46.2 Å². The van der Waals surface area contributed by atoms with Crippen LogP contribution in [-0.2, 0) is 4.79 Å². The number of methoxy groups -OCH3 is 1. The molecule has 0 fully saturated rings. The van der Waals surface area contributed by atoms with E-state index in [0.717, 1.165) is 46.8 Å². The van der Waals surface area contributed by atoms with E-state index in [9.17, 15) is 4.79 Å². The van der Waals surface area contributed by atoms with Crippen molar-refractivity contribution in [3.8, 4) is 17.1 Å². The summed E-state index contributed by atoms with van der Waals surface area (Å²) in [4.78, 5) is 22.7. The Kier molecular flexibility index (Phi) is 6.74. The van der Waals surface area contributed by atoms with Gasteiger partial charge in [0.25, 0.3) is 0 Å². The van der Waals surface area contributed by atoms with Crippen LogP contribution in [-0.4, -0.2) is 36.1 Å². The zero-order valence-corrected chi connectivity index (χ0v) is 19.1. The summed E-state index contributed by atoms with van der Waals surface area (Å²) in [5.41, 5.74) is 5.53. The molecule has 0 spiro atoms. The van der Waals surface area contributed by atoms with Crippen LogP contribution in [0.5, 0.6) is 5.75 Å². The molecule has 6 heteroatoms. The minimum Gasteiger partial charge on any atom is -0.497 e. The van der Waals surface area contributed by atoms with Gasteiger partial charge in [-0.25, -0.2) is 4.98 Å². The maximum atomic E-state index is 12.4. The van der Waals surface area contributed by atoms with Gasteiger partial charge in [0.15, 0.2) is 0 Å². The van der Waals surface area contributed by atoms with Crippen molar-refractivity contribution in [1.29, 1.82) is 0 Å². The minimum atomic E-state index is -0.183. The molecule has 33 heavy (non-hydrogen) atoms. The lowest BCUT2D eigenvalue weighted by Gasteiger charge is -2.20. The fourth-order valence-corrected chi connectivity index (χ4v) is 3.71. The molecule has 0 saturated heterocycles. The van der Waals surface area contributed by atoms with Crippen LogP contribution in [0.4, 0.5) is 11.4 Å². The van der Waals surface area contributed by atoms with E-state index < -0.39 is 0 Å². The first-order valence-electron chi connectivity index (χ1n) is 11.1. The maximum Gasteiger partial charge on any atom is 0.248 e. The maximum absolute atomic E-state index is 12.4. The zero-order valence-electron chi connectivity index (χ0n) is 19.1. The second-order valence-electron chi connectivity index (χ2n) is 7.63. The number of carbonyl (C=O) groups excluding carboxylic acids is 1. The summed E-state index contributed by atoms with van der Waals surface area (Å²) in [5, 5.41) is 2.92. The number of imidazole rings is 1. The summed E-state index contributed by atoms with van der Waals surface area (Å²) < 4.78 is 5.21. The van der Waals surface area contributed by atoms with Gasteiger partial charge in [-0.3, -0.25) is 4.79 Å². The average molecular weight is 441 g/mol. The molecule has 0 atom stereocenters. The lowest BCUT2D eigenvalue weighted by atomic mass is 10.1. The smallest absolute Gasteiger partial charge is 0.248 e. The van der Waals surface area contributed by atoms with Crippen LogP contribution >= 0.6 is 0 Å². The second kappa shape index (κ2) is 10.0. The molecule has 0 aliphatic heterocycles. The number of benzene rings is 3. The largest absolute Gasteiger partial charge is 0.497 e. The number of rotatable bonds is 8. The number of aromatic nitrogens is 2. The van der Waals surface area contributed by atoms with Crippen LogP contribution in [0.15, 0.2) is 72.8 Å². The number of H-pyrrole nitrogens is 1. The second-order valence-corrected chi connectivity index (χ2v) is 7.63. The number of anilines is 2. The first-order chi connectivity index (χ1) is 16.1. The molecule has 168 valence electrons. The summed E-state index contributed by atoms with van der Waals surface area (Å²) >= 11 is 0. The molecule has 1 aromatic heterocycles. The van der Waals surface area contributed by atoms with E-state index in [4.69, 9.17) is 4.74 Å². The van der Waals surface area contributed by atoms with E-state index in [-0.39, 0.29) is 5.91 Å². The van der Waals surface area contributed by atoms with E-state index in [1.54, 1.807) is 13.2 Å². The predicted molar refractivity (Wildman–Crippen MR) is 136 cm³/mol. The number of nitrogens with one attached hydrogen (secondary N) is 2. The highest BCUT2D eigenvalue weighted by atomic mass is 16.5. The van der Waals surface area contributed by atoms with Crippen LogP contribution in [0.2, 0.25) is 0 Å². The normalized spacial score (nSPS) is 11.1. The van der Waals surface area contributed by atoms with Gasteiger partial charge in [-0.2, -0.15) is 0 Å². The molecule has 6 nitrogen and oxygen atoms in total.